The van der Waals surface area contributed by atoms with Gasteiger partial charge in [-0.05, 0) is 37.3 Å². The Kier molecular flexibility index (Phi) is 7.71. The van der Waals surface area contributed by atoms with Gasteiger partial charge in [-0.2, -0.15) is 0 Å². The maximum absolute atomic E-state index is 15.9. The summed E-state index contributed by atoms with van der Waals surface area (Å²) in [5.41, 5.74) is -1.47. The van der Waals surface area contributed by atoms with E-state index in [1.54, 1.807) is 0 Å². The lowest BCUT2D eigenvalue weighted by atomic mass is 10.1. The zero-order valence-electron chi connectivity index (χ0n) is 18.5. The maximum atomic E-state index is 15.9. The summed E-state index contributed by atoms with van der Waals surface area (Å²) in [7, 11) is 0. The van der Waals surface area contributed by atoms with Gasteiger partial charge in [0.1, 0.15) is 23.1 Å². The van der Waals surface area contributed by atoms with Crippen LogP contribution in [0.2, 0.25) is 0 Å². The largest absolute Gasteiger partial charge is 0.511 e. The van der Waals surface area contributed by atoms with Crippen molar-refractivity contribution in [2.75, 3.05) is 37.6 Å². The number of ketones is 1. The average molecular weight is 512 g/mol. The van der Waals surface area contributed by atoms with Crippen LogP contribution < -0.4 is 15.1 Å². The van der Waals surface area contributed by atoms with E-state index in [9.17, 15) is 18.8 Å². The van der Waals surface area contributed by atoms with Gasteiger partial charge in [0.2, 0.25) is 5.43 Å². The molecule has 1 aliphatic heterocycles. The first-order chi connectivity index (χ1) is 16.2. The first kappa shape index (κ1) is 26.0. The Morgan fingerprint density at radius 2 is 1.69 bits per heavy atom. The van der Waals surface area contributed by atoms with Crippen LogP contribution in [0.25, 0.3) is 16.6 Å². The number of carbonyl (C=O) groups is 2. The SMILES string of the molecule is CC(=O)CN1CCN(c2c(F)cc3c(=O)c(OC(=O)O)cn(-c4ccc(F)cc4)c3c2F)CC1.Cl. The Morgan fingerprint density at radius 1 is 1.06 bits per heavy atom. The van der Waals surface area contributed by atoms with Gasteiger partial charge in [-0.25, -0.2) is 18.0 Å². The number of aromatic nitrogens is 1. The molecule has 1 aromatic heterocycles. The molecular formula is C23H21ClF3N3O5. The fourth-order valence-corrected chi connectivity index (χ4v) is 4.09. The number of ether oxygens (including phenoxy) is 1. The van der Waals surface area contributed by atoms with E-state index < -0.39 is 40.2 Å². The Labute approximate surface area is 203 Å². The van der Waals surface area contributed by atoms with Crippen molar-refractivity contribution in [2.24, 2.45) is 0 Å². The highest BCUT2D eigenvalue weighted by Gasteiger charge is 2.27. The van der Waals surface area contributed by atoms with Crippen molar-refractivity contribution in [3.8, 4) is 11.4 Å². The molecule has 1 saturated heterocycles. The molecule has 12 heteroatoms. The zero-order valence-corrected chi connectivity index (χ0v) is 19.3. The third kappa shape index (κ3) is 5.25. The summed E-state index contributed by atoms with van der Waals surface area (Å²) in [6.07, 6.45) is -0.801. The van der Waals surface area contributed by atoms with Crippen LogP contribution in [-0.2, 0) is 4.79 Å². The number of fused-ring (bicyclic) bond motifs is 1. The molecule has 0 amide bonds. The number of halogens is 4. The molecule has 8 nitrogen and oxygen atoms in total. The predicted molar refractivity (Wildman–Crippen MR) is 125 cm³/mol. The highest BCUT2D eigenvalue weighted by atomic mass is 35.5. The summed E-state index contributed by atoms with van der Waals surface area (Å²) in [6, 6.07) is 5.65. The van der Waals surface area contributed by atoms with Crippen LogP contribution in [0.4, 0.5) is 23.7 Å². The van der Waals surface area contributed by atoms with Gasteiger partial charge in [-0.3, -0.25) is 14.5 Å². The molecule has 35 heavy (non-hydrogen) atoms. The molecule has 0 atom stereocenters. The normalized spacial score (nSPS) is 14.0. The summed E-state index contributed by atoms with van der Waals surface area (Å²) in [5.74, 6) is -3.27. The number of Topliss-reactive ketones (excluding diaryl/α,β-unsaturated/α-hetero) is 1. The van der Waals surface area contributed by atoms with Crippen LogP contribution >= 0.6 is 12.4 Å². The van der Waals surface area contributed by atoms with E-state index in [0.717, 1.165) is 29.0 Å². The third-order valence-electron chi connectivity index (χ3n) is 5.56. The van der Waals surface area contributed by atoms with Gasteiger partial charge in [0.15, 0.2) is 11.6 Å². The Bertz CT molecular complexity index is 1340. The van der Waals surface area contributed by atoms with Crippen LogP contribution in [0.1, 0.15) is 6.92 Å². The fourth-order valence-electron chi connectivity index (χ4n) is 4.09. The summed E-state index contributed by atoms with van der Waals surface area (Å²) >= 11 is 0. The average Bonchev–Trinajstić information content (AvgIpc) is 2.77. The van der Waals surface area contributed by atoms with Crippen molar-refractivity contribution in [1.82, 2.24) is 9.47 Å². The summed E-state index contributed by atoms with van der Waals surface area (Å²) in [4.78, 5) is 38.6. The lowest BCUT2D eigenvalue weighted by molar-refractivity contribution is -0.118. The minimum absolute atomic E-state index is 0. The van der Waals surface area contributed by atoms with Crippen LogP contribution in [0.5, 0.6) is 5.75 Å². The Hall–Kier alpha value is -3.57. The maximum Gasteiger partial charge on any atom is 0.511 e. The molecule has 186 valence electrons. The molecule has 0 saturated carbocycles. The Balaban J connectivity index is 0.00000342. The number of benzene rings is 2. The van der Waals surface area contributed by atoms with E-state index in [1.807, 2.05) is 4.90 Å². The van der Waals surface area contributed by atoms with Crippen LogP contribution in [-0.4, -0.2) is 59.2 Å². The van der Waals surface area contributed by atoms with E-state index in [2.05, 4.69) is 4.74 Å². The van der Waals surface area contributed by atoms with Crippen LogP contribution in [0.15, 0.2) is 41.3 Å². The van der Waals surface area contributed by atoms with Gasteiger partial charge in [-0.15, -0.1) is 12.4 Å². The zero-order chi connectivity index (χ0) is 24.6. The molecule has 0 unspecified atom stereocenters. The Morgan fingerprint density at radius 3 is 2.26 bits per heavy atom. The molecule has 1 fully saturated rings. The molecule has 1 aliphatic rings. The molecule has 2 heterocycles. The first-order valence-electron chi connectivity index (χ1n) is 10.4. The highest BCUT2D eigenvalue weighted by Crippen LogP contribution is 2.33. The molecule has 0 aliphatic carbocycles. The van der Waals surface area contributed by atoms with E-state index in [1.165, 1.54) is 24.0 Å². The van der Waals surface area contributed by atoms with Crippen molar-refractivity contribution < 1.29 is 32.6 Å². The molecule has 1 N–H and O–H groups in total. The van der Waals surface area contributed by atoms with Crippen molar-refractivity contribution in [2.45, 2.75) is 6.92 Å². The van der Waals surface area contributed by atoms with E-state index in [-0.39, 0.29) is 54.7 Å². The summed E-state index contributed by atoms with van der Waals surface area (Å²) < 4.78 is 50.1. The number of piperazine rings is 1. The fraction of sp³-hybridized carbons (Fsp3) is 0.261. The van der Waals surface area contributed by atoms with Crippen molar-refractivity contribution >= 4 is 40.9 Å². The standard InChI is InChI=1S/C23H20F3N3O5.ClH/c1-13(30)11-27-6-8-28(9-7-27)21-17(25)10-16-20(19(21)26)29(15-4-2-14(24)3-5-15)12-18(22(16)31)34-23(32)33;/h2-5,10,12H,6-9,11H2,1H3,(H,32,33);1H. The van der Waals surface area contributed by atoms with E-state index in [4.69, 9.17) is 5.11 Å². The van der Waals surface area contributed by atoms with E-state index in [0.29, 0.717) is 13.1 Å². The molecule has 3 aromatic rings. The second-order valence-electron chi connectivity index (χ2n) is 7.92. The number of rotatable bonds is 5. The lowest BCUT2D eigenvalue weighted by Crippen LogP contribution is -2.48. The predicted octanol–water partition coefficient (Wildman–Crippen LogP) is 3.60. The summed E-state index contributed by atoms with van der Waals surface area (Å²) in [5, 5.41) is 8.53. The first-order valence-corrected chi connectivity index (χ1v) is 10.4. The number of anilines is 1. The van der Waals surface area contributed by atoms with Crippen molar-refractivity contribution in [1.29, 1.82) is 0 Å². The lowest BCUT2D eigenvalue weighted by Gasteiger charge is -2.36. The van der Waals surface area contributed by atoms with E-state index >= 15 is 8.78 Å². The molecule has 0 bridgehead atoms. The van der Waals surface area contributed by atoms with Crippen LogP contribution in [0.3, 0.4) is 0 Å². The molecule has 0 radical (unpaired) electrons. The van der Waals surface area contributed by atoms with Gasteiger partial charge in [0.05, 0.1) is 23.6 Å². The molecular weight excluding hydrogens is 491 g/mol. The molecule has 4 rings (SSSR count). The second kappa shape index (κ2) is 10.4. The van der Waals surface area contributed by atoms with Gasteiger partial charge in [0, 0.05) is 31.9 Å². The van der Waals surface area contributed by atoms with Gasteiger partial charge in [0.25, 0.3) is 0 Å². The second-order valence-corrected chi connectivity index (χ2v) is 7.92. The summed E-state index contributed by atoms with van der Waals surface area (Å²) in [6.45, 7) is 3.01. The number of hydrogen-bond donors (Lipinski definition) is 1. The van der Waals surface area contributed by atoms with Crippen molar-refractivity contribution in [3.63, 3.8) is 0 Å². The third-order valence-corrected chi connectivity index (χ3v) is 5.56. The van der Waals surface area contributed by atoms with Crippen LogP contribution in [0, 0.1) is 17.5 Å². The number of nitrogens with zero attached hydrogens (tertiary/aromatic N) is 3. The number of pyridine rings is 1. The molecule has 0 spiro atoms. The van der Waals surface area contributed by atoms with Gasteiger partial charge in [-0.1, -0.05) is 0 Å². The monoisotopic (exact) mass is 511 g/mol. The number of carbonyl (C=O) groups excluding carboxylic acids is 1. The van der Waals surface area contributed by atoms with Crippen molar-refractivity contribution in [3.05, 3.63) is 64.2 Å². The quantitative estimate of drug-likeness (QED) is 0.523. The topological polar surface area (TPSA) is 92.1 Å². The highest BCUT2D eigenvalue weighted by molar-refractivity contribution is 5.87. The minimum Gasteiger partial charge on any atom is -0.449 e. The van der Waals surface area contributed by atoms with Gasteiger partial charge >= 0.3 is 6.16 Å². The van der Waals surface area contributed by atoms with Gasteiger partial charge < -0.3 is 19.3 Å². The number of carboxylic acid groups (broad SMARTS) is 1. The molecule has 2 aromatic carbocycles. The minimum atomic E-state index is -1.77. The number of hydrogen-bond acceptors (Lipinski definition) is 6. The smallest absolute Gasteiger partial charge is 0.449 e.